The molecule has 19 heavy (non-hydrogen) atoms. The van der Waals surface area contributed by atoms with E-state index in [0.29, 0.717) is 6.61 Å². The van der Waals surface area contributed by atoms with Crippen LogP contribution in [0.15, 0.2) is 42.5 Å². The zero-order chi connectivity index (χ0) is 13.8. The van der Waals surface area contributed by atoms with Gasteiger partial charge in [0.1, 0.15) is 12.4 Å². The van der Waals surface area contributed by atoms with Crippen LogP contribution in [0.1, 0.15) is 35.3 Å². The SMILES string of the molecule is Cc1ccccc1COc1c(C)cccc1C(C)O. The molecule has 100 valence electrons. The average molecular weight is 256 g/mol. The molecule has 2 aromatic rings. The van der Waals surface area contributed by atoms with Crippen LogP contribution in [0.25, 0.3) is 0 Å². The number of rotatable bonds is 4. The summed E-state index contributed by atoms with van der Waals surface area (Å²) in [4.78, 5) is 0. The number of para-hydroxylation sites is 1. The second kappa shape index (κ2) is 5.89. The lowest BCUT2D eigenvalue weighted by molar-refractivity contribution is 0.189. The average Bonchev–Trinajstić information content (AvgIpc) is 2.38. The van der Waals surface area contributed by atoms with Crippen molar-refractivity contribution in [3.63, 3.8) is 0 Å². The molecule has 0 heterocycles. The molecule has 2 nitrogen and oxygen atoms in total. The number of aliphatic hydroxyl groups excluding tert-OH is 1. The van der Waals surface area contributed by atoms with Gasteiger partial charge < -0.3 is 9.84 Å². The first kappa shape index (κ1) is 13.6. The summed E-state index contributed by atoms with van der Waals surface area (Å²) in [6.07, 6.45) is -0.522. The van der Waals surface area contributed by atoms with Gasteiger partial charge in [0.15, 0.2) is 0 Å². The molecule has 0 spiro atoms. The molecule has 0 amide bonds. The van der Waals surface area contributed by atoms with Gasteiger partial charge in [0.2, 0.25) is 0 Å². The normalized spacial score (nSPS) is 12.2. The van der Waals surface area contributed by atoms with Gasteiger partial charge >= 0.3 is 0 Å². The Morgan fingerprint density at radius 2 is 1.68 bits per heavy atom. The number of hydrogen-bond acceptors (Lipinski definition) is 2. The van der Waals surface area contributed by atoms with Gasteiger partial charge in [0.05, 0.1) is 6.10 Å². The topological polar surface area (TPSA) is 29.5 Å². The van der Waals surface area contributed by atoms with Crippen LogP contribution in [0, 0.1) is 13.8 Å². The van der Waals surface area contributed by atoms with E-state index in [0.717, 1.165) is 16.9 Å². The smallest absolute Gasteiger partial charge is 0.128 e. The Morgan fingerprint density at radius 1 is 1.00 bits per heavy atom. The molecule has 0 aliphatic heterocycles. The van der Waals surface area contributed by atoms with Crippen molar-refractivity contribution in [1.29, 1.82) is 0 Å². The third kappa shape index (κ3) is 3.15. The van der Waals surface area contributed by atoms with E-state index in [9.17, 15) is 5.11 Å². The number of aryl methyl sites for hydroxylation is 2. The number of benzene rings is 2. The Morgan fingerprint density at radius 3 is 2.37 bits per heavy atom. The second-order valence-electron chi connectivity index (χ2n) is 4.88. The van der Waals surface area contributed by atoms with Gasteiger partial charge in [-0.2, -0.15) is 0 Å². The van der Waals surface area contributed by atoms with E-state index in [1.54, 1.807) is 6.92 Å². The van der Waals surface area contributed by atoms with E-state index in [-0.39, 0.29) is 0 Å². The van der Waals surface area contributed by atoms with Crippen molar-refractivity contribution in [2.75, 3.05) is 0 Å². The molecule has 2 aromatic carbocycles. The van der Waals surface area contributed by atoms with Gasteiger partial charge in [0, 0.05) is 5.56 Å². The third-order valence-electron chi connectivity index (χ3n) is 3.33. The Kier molecular flexibility index (Phi) is 4.23. The van der Waals surface area contributed by atoms with E-state index in [1.807, 2.05) is 37.3 Å². The highest BCUT2D eigenvalue weighted by Gasteiger charge is 2.11. The zero-order valence-corrected chi connectivity index (χ0v) is 11.7. The van der Waals surface area contributed by atoms with E-state index in [1.165, 1.54) is 11.1 Å². The number of hydrogen-bond donors (Lipinski definition) is 1. The second-order valence-corrected chi connectivity index (χ2v) is 4.88. The maximum Gasteiger partial charge on any atom is 0.128 e. The molecule has 2 heteroatoms. The van der Waals surface area contributed by atoms with Crippen molar-refractivity contribution in [3.05, 3.63) is 64.7 Å². The predicted molar refractivity (Wildman–Crippen MR) is 77.3 cm³/mol. The minimum atomic E-state index is -0.522. The fourth-order valence-electron chi connectivity index (χ4n) is 2.12. The maximum atomic E-state index is 9.80. The monoisotopic (exact) mass is 256 g/mol. The van der Waals surface area contributed by atoms with Crippen molar-refractivity contribution in [3.8, 4) is 5.75 Å². The van der Waals surface area contributed by atoms with Crippen LogP contribution >= 0.6 is 0 Å². The molecular weight excluding hydrogens is 236 g/mol. The Bertz CT molecular complexity index is 559. The first-order valence-corrected chi connectivity index (χ1v) is 6.54. The highest BCUT2D eigenvalue weighted by molar-refractivity contribution is 5.42. The van der Waals surface area contributed by atoms with Gasteiger partial charge in [0.25, 0.3) is 0 Å². The minimum Gasteiger partial charge on any atom is -0.488 e. The Hall–Kier alpha value is -1.80. The molecule has 2 rings (SSSR count). The molecule has 0 aliphatic carbocycles. The van der Waals surface area contributed by atoms with Gasteiger partial charge in [-0.15, -0.1) is 0 Å². The van der Waals surface area contributed by atoms with E-state index >= 15 is 0 Å². The van der Waals surface area contributed by atoms with Crippen molar-refractivity contribution < 1.29 is 9.84 Å². The predicted octanol–water partition coefficient (Wildman–Crippen LogP) is 3.94. The zero-order valence-electron chi connectivity index (χ0n) is 11.7. The number of ether oxygens (including phenoxy) is 1. The lowest BCUT2D eigenvalue weighted by Gasteiger charge is -2.16. The summed E-state index contributed by atoms with van der Waals surface area (Å²) >= 11 is 0. The van der Waals surface area contributed by atoms with Crippen LogP contribution < -0.4 is 4.74 Å². The summed E-state index contributed by atoms with van der Waals surface area (Å²) in [5.41, 5.74) is 4.28. The van der Waals surface area contributed by atoms with E-state index in [4.69, 9.17) is 4.74 Å². The highest BCUT2D eigenvalue weighted by atomic mass is 16.5. The molecule has 1 atom stereocenters. The summed E-state index contributed by atoms with van der Waals surface area (Å²) in [5.74, 6) is 0.792. The van der Waals surface area contributed by atoms with Crippen LogP contribution in [-0.4, -0.2) is 5.11 Å². The van der Waals surface area contributed by atoms with Gasteiger partial charge in [-0.1, -0.05) is 42.5 Å². The Balaban J connectivity index is 2.22. The van der Waals surface area contributed by atoms with Crippen LogP contribution in [-0.2, 0) is 6.61 Å². The van der Waals surface area contributed by atoms with Crippen molar-refractivity contribution in [2.24, 2.45) is 0 Å². The third-order valence-corrected chi connectivity index (χ3v) is 3.33. The largest absolute Gasteiger partial charge is 0.488 e. The van der Waals surface area contributed by atoms with E-state index in [2.05, 4.69) is 19.1 Å². The molecule has 1 unspecified atom stereocenters. The molecule has 0 aromatic heterocycles. The van der Waals surface area contributed by atoms with Crippen LogP contribution in [0.2, 0.25) is 0 Å². The first-order chi connectivity index (χ1) is 9.09. The first-order valence-electron chi connectivity index (χ1n) is 6.54. The van der Waals surface area contributed by atoms with Gasteiger partial charge in [-0.05, 0) is 37.5 Å². The summed E-state index contributed by atoms with van der Waals surface area (Å²) in [5, 5.41) is 9.80. The van der Waals surface area contributed by atoms with E-state index < -0.39 is 6.10 Å². The van der Waals surface area contributed by atoms with Gasteiger partial charge in [-0.25, -0.2) is 0 Å². The summed E-state index contributed by atoms with van der Waals surface area (Å²) in [6, 6.07) is 14.0. The number of aliphatic hydroxyl groups is 1. The van der Waals surface area contributed by atoms with Crippen LogP contribution in [0.4, 0.5) is 0 Å². The molecule has 0 saturated carbocycles. The summed E-state index contributed by atoms with van der Waals surface area (Å²) in [6.45, 7) is 6.36. The molecule has 0 aliphatic rings. The molecule has 0 fully saturated rings. The van der Waals surface area contributed by atoms with Crippen molar-refractivity contribution in [1.82, 2.24) is 0 Å². The van der Waals surface area contributed by atoms with Crippen molar-refractivity contribution in [2.45, 2.75) is 33.5 Å². The molecule has 1 N–H and O–H groups in total. The lowest BCUT2D eigenvalue weighted by Crippen LogP contribution is -2.03. The van der Waals surface area contributed by atoms with Gasteiger partial charge in [-0.3, -0.25) is 0 Å². The standard InChI is InChI=1S/C17H20O2/c1-12-7-4-5-9-15(12)11-19-17-13(2)8-6-10-16(17)14(3)18/h4-10,14,18H,11H2,1-3H3. The molecule has 0 radical (unpaired) electrons. The summed E-state index contributed by atoms with van der Waals surface area (Å²) in [7, 11) is 0. The molecule has 0 bridgehead atoms. The van der Waals surface area contributed by atoms with Crippen LogP contribution in [0.3, 0.4) is 0 Å². The van der Waals surface area contributed by atoms with Crippen molar-refractivity contribution >= 4 is 0 Å². The molecular formula is C17H20O2. The quantitative estimate of drug-likeness (QED) is 0.898. The van der Waals surface area contributed by atoms with Crippen LogP contribution in [0.5, 0.6) is 5.75 Å². The fourth-order valence-corrected chi connectivity index (χ4v) is 2.12. The minimum absolute atomic E-state index is 0.522. The Labute approximate surface area is 114 Å². The molecule has 0 saturated heterocycles. The lowest BCUT2D eigenvalue weighted by atomic mass is 10.1. The maximum absolute atomic E-state index is 9.80. The fraction of sp³-hybridized carbons (Fsp3) is 0.294. The highest BCUT2D eigenvalue weighted by Crippen LogP contribution is 2.29. The summed E-state index contributed by atoms with van der Waals surface area (Å²) < 4.78 is 5.94.